The summed E-state index contributed by atoms with van der Waals surface area (Å²) in [5, 5.41) is 1.71. The lowest BCUT2D eigenvalue weighted by atomic mass is 9.77. The Hall–Kier alpha value is -4.37. The number of nitrogens with zero attached hydrogens (tertiary/aromatic N) is 1. The minimum absolute atomic E-state index is 0.205. The molecule has 0 saturated carbocycles. The van der Waals surface area contributed by atoms with E-state index in [4.69, 9.17) is 9.47 Å². The van der Waals surface area contributed by atoms with Gasteiger partial charge in [-0.1, -0.05) is 60.7 Å². The van der Waals surface area contributed by atoms with Gasteiger partial charge in [-0.2, -0.15) is 0 Å². The van der Waals surface area contributed by atoms with E-state index in [9.17, 15) is 18.0 Å². The molecule has 0 spiro atoms. The monoisotopic (exact) mass is 570 g/mol. The SMILES string of the molecule is CCOc1c2c(c(OCC)c3ccccc13)C(=O)N(c1ccc(CS(=O)(=O)NC(=O)C3Cc4ccccc43)cc1)C2. The quantitative estimate of drug-likeness (QED) is 0.301. The molecule has 1 N–H and O–H groups in total. The molecular formula is C32H30N2O6S. The largest absolute Gasteiger partial charge is 0.493 e. The van der Waals surface area contributed by atoms with Gasteiger partial charge >= 0.3 is 0 Å². The van der Waals surface area contributed by atoms with Gasteiger partial charge in [0.1, 0.15) is 11.5 Å². The van der Waals surface area contributed by atoms with E-state index in [1.54, 1.807) is 29.2 Å². The van der Waals surface area contributed by atoms with Gasteiger partial charge < -0.3 is 14.4 Å². The van der Waals surface area contributed by atoms with Crippen molar-refractivity contribution in [1.29, 1.82) is 0 Å². The van der Waals surface area contributed by atoms with Crippen molar-refractivity contribution in [1.82, 2.24) is 4.72 Å². The van der Waals surface area contributed by atoms with Gasteiger partial charge in [-0.25, -0.2) is 8.42 Å². The molecule has 9 heteroatoms. The summed E-state index contributed by atoms with van der Waals surface area (Å²) in [6.07, 6.45) is 0.532. The second kappa shape index (κ2) is 10.6. The third kappa shape index (κ3) is 4.80. The summed E-state index contributed by atoms with van der Waals surface area (Å²) in [7, 11) is -3.90. The molecular weight excluding hydrogens is 540 g/mol. The third-order valence-electron chi connectivity index (χ3n) is 7.60. The summed E-state index contributed by atoms with van der Waals surface area (Å²) in [6.45, 7) is 4.95. The molecule has 1 unspecified atom stereocenters. The molecule has 210 valence electrons. The molecule has 1 aliphatic carbocycles. The molecule has 1 heterocycles. The summed E-state index contributed by atoms with van der Waals surface area (Å²) in [4.78, 5) is 28.0. The predicted octanol–water partition coefficient (Wildman–Crippen LogP) is 5.08. The van der Waals surface area contributed by atoms with Crippen LogP contribution in [0.15, 0.2) is 72.8 Å². The molecule has 41 heavy (non-hydrogen) atoms. The van der Waals surface area contributed by atoms with Gasteiger partial charge in [0, 0.05) is 22.0 Å². The van der Waals surface area contributed by atoms with E-state index in [0.717, 1.165) is 27.5 Å². The van der Waals surface area contributed by atoms with Gasteiger partial charge in [0.2, 0.25) is 15.9 Å². The lowest BCUT2D eigenvalue weighted by Gasteiger charge is -2.28. The normalized spacial score (nSPS) is 15.7. The van der Waals surface area contributed by atoms with Crippen molar-refractivity contribution in [3.05, 3.63) is 101 Å². The third-order valence-corrected chi connectivity index (χ3v) is 8.83. The molecule has 4 aromatic carbocycles. The van der Waals surface area contributed by atoms with Crippen LogP contribution in [-0.4, -0.2) is 33.4 Å². The zero-order chi connectivity index (χ0) is 28.7. The Balaban J connectivity index is 1.22. The summed E-state index contributed by atoms with van der Waals surface area (Å²) in [6, 6.07) is 22.0. The Kier molecular flexibility index (Phi) is 6.91. The lowest BCUT2D eigenvalue weighted by Crippen LogP contribution is -2.39. The Morgan fingerprint density at radius 1 is 0.902 bits per heavy atom. The van der Waals surface area contributed by atoms with Crippen LogP contribution >= 0.6 is 0 Å². The van der Waals surface area contributed by atoms with Crippen LogP contribution in [-0.2, 0) is 33.5 Å². The molecule has 0 aromatic heterocycles. The van der Waals surface area contributed by atoms with Crippen LogP contribution in [0, 0.1) is 0 Å². The first kappa shape index (κ1) is 26.8. The Bertz CT molecular complexity index is 1780. The number of ether oxygens (including phenoxy) is 2. The van der Waals surface area contributed by atoms with Crippen molar-refractivity contribution in [2.24, 2.45) is 0 Å². The number of amides is 2. The number of hydrogen-bond donors (Lipinski definition) is 1. The zero-order valence-electron chi connectivity index (χ0n) is 22.8. The fourth-order valence-corrected chi connectivity index (χ4v) is 6.88. The second-order valence-corrected chi connectivity index (χ2v) is 11.9. The number of sulfonamides is 1. The van der Waals surface area contributed by atoms with Crippen LogP contribution in [0.2, 0.25) is 0 Å². The highest BCUT2D eigenvalue weighted by Crippen LogP contribution is 2.46. The van der Waals surface area contributed by atoms with E-state index >= 15 is 0 Å². The number of benzene rings is 4. The van der Waals surface area contributed by atoms with E-state index in [2.05, 4.69) is 4.72 Å². The minimum atomic E-state index is -3.90. The molecule has 1 atom stereocenters. The molecule has 0 radical (unpaired) electrons. The Morgan fingerprint density at radius 3 is 2.22 bits per heavy atom. The topological polar surface area (TPSA) is 102 Å². The smallest absolute Gasteiger partial charge is 0.262 e. The van der Waals surface area contributed by atoms with Crippen LogP contribution in [0.4, 0.5) is 5.69 Å². The number of rotatable bonds is 9. The first-order chi connectivity index (χ1) is 19.8. The van der Waals surface area contributed by atoms with E-state index in [1.165, 1.54) is 0 Å². The van der Waals surface area contributed by atoms with Crippen molar-refractivity contribution in [2.75, 3.05) is 18.1 Å². The highest BCUT2D eigenvalue weighted by molar-refractivity contribution is 7.89. The molecule has 4 aromatic rings. The maximum absolute atomic E-state index is 13.8. The second-order valence-electron chi connectivity index (χ2n) is 10.2. The van der Waals surface area contributed by atoms with Gasteiger partial charge in [0.05, 0.1) is 37.0 Å². The van der Waals surface area contributed by atoms with Crippen LogP contribution in [0.25, 0.3) is 10.8 Å². The van der Waals surface area contributed by atoms with E-state index in [0.29, 0.717) is 54.5 Å². The van der Waals surface area contributed by atoms with Crippen LogP contribution < -0.4 is 19.1 Å². The Morgan fingerprint density at radius 2 is 1.54 bits per heavy atom. The van der Waals surface area contributed by atoms with Crippen molar-refractivity contribution in [3.63, 3.8) is 0 Å². The van der Waals surface area contributed by atoms with Crippen LogP contribution in [0.1, 0.15) is 52.4 Å². The van der Waals surface area contributed by atoms with Crippen molar-refractivity contribution >= 4 is 38.3 Å². The fourth-order valence-electron chi connectivity index (χ4n) is 5.73. The molecule has 0 bridgehead atoms. The summed E-state index contributed by atoms with van der Waals surface area (Å²) in [5.74, 6) is -0.306. The van der Waals surface area contributed by atoms with Crippen LogP contribution in [0.3, 0.4) is 0 Å². The zero-order valence-corrected chi connectivity index (χ0v) is 23.7. The number of hydrogen-bond acceptors (Lipinski definition) is 6. The Labute approximate surface area is 238 Å². The summed E-state index contributed by atoms with van der Waals surface area (Å²) < 4.78 is 39.9. The maximum atomic E-state index is 13.8. The highest BCUT2D eigenvalue weighted by atomic mass is 32.2. The van der Waals surface area contributed by atoms with Gasteiger partial charge in [0.25, 0.3) is 5.91 Å². The first-order valence-electron chi connectivity index (χ1n) is 13.7. The van der Waals surface area contributed by atoms with Gasteiger partial charge in [-0.05, 0) is 49.1 Å². The van der Waals surface area contributed by atoms with Gasteiger partial charge in [-0.15, -0.1) is 0 Å². The van der Waals surface area contributed by atoms with Gasteiger partial charge in [0.15, 0.2) is 0 Å². The summed E-state index contributed by atoms with van der Waals surface area (Å²) >= 11 is 0. The number of nitrogens with one attached hydrogen (secondary N) is 1. The first-order valence-corrected chi connectivity index (χ1v) is 15.3. The molecule has 2 amide bonds. The van der Waals surface area contributed by atoms with Crippen molar-refractivity contribution in [2.45, 2.75) is 38.5 Å². The number of carbonyl (C=O) groups excluding carboxylic acids is 2. The molecule has 2 aliphatic rings. The number of carbonyl (C=O) groups is 2. The highest BCUT2D eigenvalue weighted by Gasteiger charge is 2.37. The minimum Gasteiger partial charge on any atom is -0.493 e. The summed E-state index contributed by atoms with van der Waals surface area (Å²) in [5.41, 5.74) is 4.31. The molecule has 6 rings (SSSR count). The van der Waals surface area contributed by atoms with Crippen molar-refractivity contribution < 1.29 is 27.5 Å². The van der Waals surface area contributed by atoms with E-state index in [1.807, 2.05) is 62.4 Å². The fraction of sp³-hybridized carbons (Fsp3) is 0.250. The lowest BCUT2D eigenvalue weighted by molar-refractivity contribution is -0.121. The van der Waals surface area contributed by atoms with Crippen LogP contribution in [0.5, 0.6) is 11.5 Å². The molecule has 0 saturated heterocycles. The van der Waals surface area contributed by atoms with E-state index in [-0.39, 0.29) is 11.7 Å². The van der Waals surface area contributed by atoms with Gasteiger partial charge in [-0.3, -0.25) is 14.3 Å². The maximum Gasteiger partial charge on any atom is 0.262 e. The number of fused-ring (bicyclic) bond motifs is 3. The number of anilines is 1. The predicted molar refractivity (Wildman–Crippen MR) is 157 cm³/mol. The molecule has 1 aliphatic heterocycles. The standard InChI is InChI=1S/C32H30N2O6S/c1-3-39-29-24-11-7-8-12-25(24)30(40-4-2)28-27(29)18-34(32(28)36)22-15-13-20(14-16-22)19-41(37,38)33-31(35)26-17-21-9-5-6-10-23(21)26/h5-16,26H,3-4,17-19H2,1-2H3,(H,33,35). The van der Waals surface area contributed by atoms with E-state index < -0.39 is 21.8 Å². The average molecular weight is 571 g/mol. The van der Waals surface area contributed by atoms with Crippen molar-refractivity contribution in [3.8, 4) is 11.5 Å². The average Bonchev–Trinajstić information content (AvgIpc) is 3.28. The molecule has 0 fully saturated rings. The molecule has 8 nitrogen and oxygen atoms in total.